The molecule has 0 spiro atoms. The molecule has 0 saturated carbocycles. The maximum atomic E-state index is 5.99. The Labute approximate surface area is 180 Å². The summed E-state index contributed by atoms with van der Waals surface area (Å²) in [5.41, 5.74) is 2.78. The Morgan fingerprint density at radius 2 is 1.87 bits per heavy atom. The molecule has 0 bridgehead atoms. The van der Waals surface area contributed by atoms with Gasteiger partial charge in [0.15, 0.2) is 11.5 Å². The molecular weight excluding hydrogens is 374 g/mol. The normalized spacial score (nSPS) is 20.8. The Morgan fingerprint density at radius 3 is 2.70 bits per heavy atom. The molecule has 2 heterocycles. The first-order valence-corrected chi connectivity index (χ1v) is 11.5. The van der Waals surface area contributed by atoms with Crippen LogP contribution in [0.3, 0.4) is 0 Å². The van der Waals surface area contributed by atoms with Crippen molar-refractivity contribution in [2.24, 2.45) is 11.8 Å². The molecule has 30 heavy (non-hydrogen) atoms. The van der Waals surface area contributed by atoms with E-state index in [0.717, 1.165) is 43.0 Å². The fraction of sp³-hybridized carbons (Fsp3) is 0.538. The molecule has 4 heteroatoms. The van der Waals surface area contributed by atoms with Crippen molar-refractivity contribution in [3.63, 3.8) is 0 Å². The molecule has 0 aliphatic carbocycles. The molecule has 4 rings (SSSR count). The third kappa shape index (κ3) is 5.77. The van der Waals surface area contributed by atoms with Crippen molar-refractivity contribution in [2.45, 2.75) is 58.1 Å². The number of ether oxygens (including phenoxy) is 3. The van der Waals surface area contributed by atoms with Gasteiger partial charge in [-0.15, -0.1) is 0 Å². The Balaban J connectivity index is 1.28. The van der Waals surface area contributed by atoms with Gasteiger partial charge in [0.05, 0.1) is 12.1 Å². The summed E-state index contributed by atoms with van der Waals surface area (Å²) in [6, 6.07) is 17.3. The van der Waals surface area contributed by atoms with E-state index >= 15 is 0 Å². The predicted molar refractivity (Wildman–Crippen MR) is 119 cm³/mol. The van der Waals surface area contributed by atoms with Gasteiger partial charge in [-0.2, -0.15) is 0 Å². The van der Waals surface area contributed by atoms with Gasteiger partial charge in [-0.25, -0.2) is 0 Å². The van der Waals surface area contributed by atoms with Gasteiger partial charge in [-0.1, -0.05) is 30.3 Å². The van der Waals surface area contributed by atoms with Crippen molar-refractivity contribution in [1.29, 1.82) is 0 Å². The molecule has 2 atom stereocenters. The SMILES string of the molecule is CC1(C)C[C@H]([C@H](CCC[NH2+]Cc2ccc3c(c2)OCO3)Cc2ccccc2)CCO1. The summed E-state index contributed by atoms with van der Waals surface area (Å²) < 4.78 is 16.9. The number of benzene rings is 2. The molecule has 4 nitrogen and oxygen atoms in total. The molecule has 0 unspecified atom stereocenters. The minimum atomic E-state index is 0.0172. The van der Waals surface area contributed by atoms with Gasteiger partial charge in [0.1, 0.15) is 6.54 Å². The van der Waals surface area contributed by atoms with Crippen LogP contribution in [0.2, 0.25) is 0 Å². The van der Waals surface area contributed by atoms with E-state index in [0.29, 0.717) is 6.79 Å². The average Bonchev–Trinajstić information content (AvgIpc) is 3.20. The van der Waals surface area contributed by atoms with Gasteiger partial charge in [-0.3, -0.25) is 0 Å². The van der Waals surface area contributed by atoms with Gasteiger partial charge in [-0.05, 0) is 81.5 Å². The number of hydrogen-bond donors (Lipinski definition) is 1. The lowest BCUT2D eigenvalue weighted by Crippen LogP contribution is -2.82. The lowest BCUT2D eigenvalue weighted by molar-refractivity contribution is -0.671. The molecule has 0 aromatic heterocycles. The fourth-order valence-electron chi connectivity index (χ4n) is 4.96. The number of nitrogens with two attached hydrogens (primary N) is 1. The highest BCUT2D eigenvalue weighted by molar-refractivity contribution is 5.44. The molecule has 2 aromatic rings. The van der Waals surface area contributed by atoms with E-state index < -0.39 is 0 Å². The summed E-state index contributed by atoms with van der Waals surface area (Å²) in [6.07, 6.45) is 6.09. The van der Waals surface area contributed by atoms with Crippen LogP contribution < -0.4 is 14.8 Å². The molecule has 2 aliphatic heterocycles. The number of rotatable bonds is 9. The summed E-state index contributed by atoms with van der Waals surface area (Å²) in [5.74, 6) is 3.23. The lowest BCUT2D eigenvalue weighted by atomic mass is 9.75. The highest BCUT2D eigenvalue weighted by Gasteiger charge is 2.33. The smallest absolute Gasteiger partial charge is 0.231 e. The van der Waals surface area contributed by atoms with Crippen molar-refractivity contribution in [1.82, 2.24) is 0 Å². The van der Waals surface area contributed by atoms with Gasteiger partial charge in [0.2, 0.25) is 6.79 Å². The maximum absolute atomic E-state index is 5.99. The summed E-state index contributed by atoms with van der Waals surface area (Å²) in [7, 11) is 0. The van der Waals surface area contributed by atoms with Crippen molar-refractivity contribution < 1.29 is 19.5 Å². The Bertz CT molecular complexity index is 805. The van der Waals surface area contributed by atoms with Crippen LogP contribution in [0, 0.1) is 11.8 Å². The van der Waals surface area contributed by atoms with E-state index in [1.54, 1.807) is 0 Å². The minimum Gasteiger partial charge on any atom is -0.454 e. The Morgan fingerprint density at radius 1 is 1.03 bits per heavy atom. The number of quaternary nitrogens is 1. The molecule has 0 amide bonds. The molecule has 2 aromatic carbocycles. The molecule has 2 aliphatic rings. The number of fused-ring (bicyclic) bond motifs is 1. The topological polar surface area (TPSA) is 44.3 Å². The monoisotopic (exact) mass is 410 g/mol. The second kappa shape index (κ2) is 9.84. The fourth-order valence-corrected chi connectivity index (χ4v) is 4.96. The van der Waals surface area contributed by atoms with Crippen LogP contribution in [0.5, 0.6) is 11.5 Å². The van der Waals surface area contributed by atoms with E-state index in [2.05, 4.69) is 61.6 Å². The molecule has 1 fully saturated rings. The van der Waals surface area contributed by atoms with Crippen LogP contribution in [-0.2, 0) is 17.7 Å². The first-order chi connectivity index (χ1) is 14.6. The average molecular weight is 411 g/mol. The van der Waals surface area contributed by atoms with Crippen molar-refractivity contribution >= 4 is 0 Å². The van der Waals surface area contributed by atoms with Crippen LogP contribution in [0.4, 0.5) is 0 Å². The summed E-state index contributed by atoms with van der Waals surface area (Å²) in [6.45, 7) is 7.89. The predicted octanol–water partition coefficient (Wildman–Crippen LogP) is 4.32. The molecule has 2 N–H and O–H groups in total. The molecule has 1 saturated heterocycles. The van der Waals surface area contributed by atoms with Crippen LogP contribution >= 0.6 is 0 Å². The summed E-state index contributed by atoms with van der Waals surface area (Å²) >= 11 is 0. The Kier molecular flexibility index (Phi) is 6.96. The minimum absolute atomic E-state index is 0.0172. The highest BCUT2D eigenvalue weighted by Crippen LogP contribution is 2.37. The van der Waals surface area contributed by atoms with E-state index in [4.69, 9.17) is 14.2 Å². The van der Waals surface area contributed by atoms with E-state index in [1.807, 2.05) is 6.07 Å². The largest absolute Gasteiger partial charge is 0.454 e. The third-order valence-electron chi connectivity index (χ3n) is 6.54. The van der Waals surface area contributed by atoms with Gasteiger partial charge < -0.3 is 19.5 Å². The lowest BCUT2D eigenvalue weighted by Gasteiger charge is -2.39. The third-order valence-corrected chi connectivity index (χ3v) is 6.54. The number of hydrogen-bond acceptors (Lipinski definition) is 3. The first kappa shape index (κ1) is 21.2. The van der Waals surface area contributed by atoms with Gasteiger partial charge in [0.25, 0.3) is 0 Å². The van der Waals surface area contributed by atoms with Gasteiger partial charge >= 0.3 is 0 Å². The van der Waals surface area contributed by atoms with Gasteiger partial charge in [0, 0.05) is 12.2 Å². The maximum Gasteiger partial charge on any atom is 0.231 e. The second-order valence-corrected chi connectivity index (χ2v) is 9.42. The zero-order chi connectivity index (χ0) is 20.8. The van der Waals surface area contributed by atoms with Crippen LogP contribution in [0.15, 0.2) is 48.5 Å². The summed E-state index contributed by atoms with van der Waals surface area (Å²) in [4.78, 5) is 0. The summed E-state index contributed by atoms with van der Waals surface area (Å²) in [5, 5.41) is 2.42. The van der Waals surface area contributed by atoms with E-state index in [9.17, 15) is 0 Å². The van der Waals surface area contributed by atoms with Crippen LogP contribution in [0.1, 0.15) is 50.7 Å². The van der Waals surface area contributed by atoms with Crippen LogP contribution in [0.25, 0.3) is 0 Å². The zero-order valence-corrected chi connectivity index (χ0v) is 18.4. The Hall–Kier alpha value is -2.04. The molecule has 0 radical (unpaired) electrons. The second-order valence-electron chi connectivity index (χ2n) is 9.42. The van der Waals surface area contributed by atoms with E-state index in [-0.39, 0.29) is 5.60 Å². The van der Waals surface area contributed by atoms with Crippen molar-refractivity contribution in [3.8, 4) is 11.5 Å². The standard InChI is InChI=1S/C26H35NO3/c1-26(2)17-23(12-14-30-26)22(15-20-7-4-3-5-8-20)9-6-13-27-18-21-10-11-24-25(16-21)29-19-28-24/h3-5,7-8,10-11,16,22-23,27H,6,9,12-15,17-19H2,1-2H3/p+1/t22-,23-/m1/s1. The van der Waals surface area contributed by atoms with Crippen molar-refractivity contribution in [2.75, 3.05) is 19.9 Å². The molecule has 162 valence electrons. The van der Waals surface area contributed by atoms with Crippen LogP contribution in [-0.4, -0.2) is 25.5 Å². The first-order valence-electron chi connectivity index (χ1n) is 11.5. The highest BCUT2D eigenvalue weighted by atomic mass is 16.7. The zero-order valence-electron chi connectivity index (χ0n) is 18.4. The quantitative estimate of drug-likeness (QED) is 0.626. The van der Waals surface area contributed by atoms with Crippen molar-refractivity contribution in [3.05, 3.63) is 59.7 Å². The van der Waals surface area contributed by atoms with E-state index in [1.165, 1.54) is 43.2 Å². The molecular formula is C26H36NO3+.